The molecule has 5 rings (SSSR count). The Bertz CT molecular complexity index is 1480. The number of rotatable bonds is 6. The molecule has 7 nitrogen and oxygen atoms in total. The Hall–Kier alpha value is -3.88. The Kier molecular flexibility index (Phi) is 5.03. The molecule has 4 N–H and O–H groups in total. The third-order valence-electron chi connectivity index (χ3n) is 5.86. The molecule has 0 saturated carbocycles. The van der Waals surface area contributed by atoms with Crippen LogP contribution in [0.25, 0.3) is 10.8 Å². The Labute approximate surface area is 190 Å². The van der Waals surface area contributed by atoms with E-state index in [0.29, 0.717) is 5.69 Å². The summed E-state index contributed by atoms with van der Waals surface area (Å²) in [7, 11) is -3.84. The first kappa shape index (κ1) is 21.0. The fourth-order valence-electron chi connectivity index (χ4n) is 4.38. The minimum absolute atomic E-state index is 0.157. The van der Waals surface area contributed by atoms with Crippen molar-refractivity contribution in [3.8, 4) is 5.75 Å². The largest absolute Gasteiger partial charge is 0.507 e. The average Bonchev–Trinajstić information content (AvgIpc) is 3.09. The van der Waals surface area contributed by atoms with Gasteiger partial charge in [0.2, 0.25) is 10.0 Å². The number of carboxylic acids is 1. The first-order valence-corrected chi connectivity index (χ1v) is 11.8. The SMILES string of the molecule is O=C(O)c1cc(NC2c3cccc4cccc(c34)C2NS(=O)(=O)c2ccccc2)ccc1O. The van der Waals surface area contributed by atoms with Crippen LogP contribution in [0.15, 0.2) is 89.8 Å². The average molecular weight is 461 g/mol. The molecule has 2 unspecified atom stereocenters. The smallest absolute Gasteiger partial charge is 0.339 e. The number of carbonyl (C=O) groups is 1. The van der Waals surface area contributed by atoms with Crippen LogP contribution in [0.1, 0.15) is 33.6 Å². The predicted molar refractivity (Wildman–Crippen MR) is 125 cm³/mol. The molecule has 0 bridgehead atoms. The molecule has 0 aliphatic heterocycles. The second-order valence-corrected chi connectivity index (χ2v) is 9.58. The van der Waals surface area contributed by atoms with E-state index < -0.39 is 28.1 Å². The first-order valence-electron chi connectivity index (χ1n) is 10.3. The maximum atomic E-state index is 13.2. The van der Waals surface area contributed by atoms with Crippen molar-refractivity contribution in [1.29, 1.82) is 0 Å². The number of carboxylic acid groups (broad SMARTS) is 1. The highest BCUT2D eigenvalue weighted by Crippen LogP contribution is 2.46. The summed E-state index contributed by atoms with van der Waals surface area (Å²) in [6.07, 6.45) is 0. The second-order valence-electron chi connectivity index (χ2n) is 7.86. The number of benzene rings is 4. The molecule has 2 atom stereocenters. The van der Waals surface area contributed by atoms with Gasteiger partial charge in [0.25, 0.3) is 0 Å². The summed E-state index contributed by atoms with van der Waals surface area (Å²) < 4.78 is 29.2. The molecule has 166 valence electrons. The van der Waals surface area contributed by atoms with Crippen LogP contribution < -0.4 is 10.0 Å². The molecular weight excluding hydrogens is 440 g/mol. The summed E-state index contributed by atoms with van der Waals surface area (Å²) in [5.41, 5.74) is 1.94. The van der Waals surface area contributed by atoms with E-state index in [2.05, 4.69) is 10.0 Å². The van der Waals surface area contributed by atoms with E-state index in [1.165, 1.54) is 24.3 Å². The van der Waals surface area contributed by atoms with Crippen LogP contribution in [-0.4, -0.2) is 24.6 Å². The first-order chi connectivity index (χ1) is 15.8. The van der Waals surface area contributed by atoms with Gasteiger partial charge in [-0.15, -0.1) is 0 Å². The minimum atomic E-state index is -3.84. The summed E-state index contributed by atoms with van der Waals surface area (Å²) in [6, 6.07) is 22.8. The molecule has 0 amide bonds. The van der Waals surface area contributed by atoms with Crippen molar-refractivity contribution < 1.29 is 23.4 Å². The standard InChI is InChI=1S/C25H20N2O5S/c28-21-13-12-16(14-20(21)25(29)30)26-23-18-10-4-6-15-7-5-11-19(22(15)18)24(23)27-33(31,32)17-8-2-1-3-9-17/h1-14,23-24,26-28H,(H,29,30). The van der Waals surface area contributed by atoms with Gasteiger partial charge in [0.15, 0.2) is 0 Å². The van der Waals surface area contributed by atoms with Gasteiger partial charge in [0.1, 0.15) is 11.3 Å². The van der Waals surface area contributed by atoms with Crippen LogP contribution in [0.4, 0.5) is 5.69 Å². The van der Waals surface area contributed by atoms with Gasteiger partial charge in [-0.2, -0.15) is 0 Å². The molecule has 0 heterocycles. The van der Waals surface area contributed by atoms with Gasteiger partial charge in [0.05, 0.1) is 17.0 Å². The zero-order valence-electron chi connectivity index (χ0n) is 17.3. The lowest BCUT2D eigenvalue weighted by Crippen LogP contribution is -2.33. The predicted octanol–water partition coefficient (Wildman–Crippen LogP) is 4.43. The van der Waals surface area contributed by atoms with Gasteiger partial charge in [-0.3, -0.25) is 0 Å². The quantitative estimate of drug-likeness (QED) is 0.317. The van der Waals surface area contributed by atoms with E-state index in [9.17, 15) is 23.4 Å². The lowest BCUT2D eigenvalue weighted by atomic mass is 10.0. The maximum Gasteiger partial charge on any atom is 0.339 e. The van der Waals surface area contributed by atoms with Crippen molar-refractivity contribution in [3.63, 3.8) is 0 Å². The fraction of sp³-hybridized carbons (Fsp3) is 0.0800. The minimum Gasteiger partial charge on any atom is -0.507 e. The molecule has 0 spiro atoms. The van der Waals surface area contributed by atoms with E-state index >= 15 is 0 Å². The van der Waals surface area contributed by atoms with E-state index in [1.807, 2.05) is 36.4 Å². The normalized spacial score (nSPS) is 17.2. The van der Waals surface area contributed by atoms with Crippen LogP contribution in [0.2, 0.25) is 0 Å². The fourth-order valence-corrected chi connectivity index (χ4v) is 5.63. The summed E-state index contributed by atoms with van der Waals surface area (Å²) in [5, 5.41) is 24.5. The van der Waals surface area contributed by atoms with Crippen LogP contribution in [-0.2, 0) is 10.0 Å². The molecule has 0 saturated heterocycles. The van der Waals surface area contributed by atoms with Crippen LogP contribution >= 0.6 is 0 Å². The highest BCUT2D eigenvalue weighted by molar-refractivity contribution is 7.89. The number of hydrogen-bond acceptors (Lipinski definition) is 5. The summed E-state index contributed by atoms with van der Waals surface area (Å²) in [4.78, 5) is 11.6. The molecule has 0 aromatic heterocycles. The summed E-state index contributed by atoms with van der Waals surface area (Å²) in [6.45, 7) is 0. The number of hydrogen-bond donors (Lipinski definition) is 4. The van der Waals surface area contributed by atoms with Gasteiger partial charge in [-0.1, -0.05) is 54.6 Å². The monoisotopic (exact) mass is 460 g/mol. The molecule has 0 fully saturated rings. The van der Waals surface area contributed by atoms with E-state index in [-0.39, 0.29) is 16.2 Å². The highest BCUT2D eigenvalue weighted by Gasteiger charge is 2.37. The highest BCUT2D eigenvalue weighted by atomic mass is 32.2. The number of aromatic carboxylic acids is 1. The van der Waals surface area contributed by atoms with Crippen molar-refractivity contribution in [3.05, 3.63) is 102 Å². The van der Waals surface area contributed by atoms with E-state index in [4.69, 9.17) is 0 Å². The Morgan fingerprint density at radius 3 is 2.15 bits per heavy atom. The molecule has 0 radical (unpaired) electrons. The maximum absolute atomic E-state index is 13.2. The van der Waals surface area contributed by atoms with Gasteiger partial charge >= 0.3 is 5.97 Å². The number of aromatic hydroxyl groups is 1. The Morgan fingerprint density at radius 2 is 1.48 bits per heavy atom. The second kappa shape index (κ2) is 7.91. The van der Waals surface area contributed by atoms with Crippen molar-refractivity contribution in [1.82, 2.24) is 4.72 Å². The van der Waals surface area contributed by atoms with Crippen molar-refractivity contribution in [2.24, 2.45) is 0 Å². The Balaban J connectivity index is 1.60. The lowest BCUT2D eigenvalue weighted by Gasteiger charge is -2.25. The summed E-state index contributed by atoms with van der Waals surface area (Å²) in [5.74, 6) is -1.60. The lowest BCUT2D eigenvalue weighted by molar-refractivity contribution is 0.0693. The van der Waals surface area contributed by atoms with Crippen LogP contribution in [0.5, 0.6) is 5.75 Å². The number of nitrogens with one attached hydrogen (secondary N) is 2. The van der Waals surface area contributed by atoms with Crippen LogP contribution in [0.3, 0.4) is 0 Å². The van der Waals surface area contributed by atoms with Gasteiger partial charge in [-0.25, -0.2) is 17.9 Å². The van der Waals surface area contributed by atoms with Gasteiger partial charge in [-0.05, 0) is 52.2 Å². The van der Waals surface area contributed by atoms with Crippen molar-refractivity contribution in [2.45, 2.75) is 17.0 Å². The third kappa shape index (κ3) is 3.69. The van der Waals surface area contributed by atoms with Crippen molar-refractivity contribution >= 4 is 32.5 Å². The molecule has 8 heteroatoms. The Morgan fingerprint density at radius 1 is 0.818 bits per heavy atom. The van der Waals surface area contributed by atoms with Crippen LogP contribution in [0, 0.1) is 0 Å². The summed E-state index contributed by atoms with van der Waals surface area (Å²) >= 11 is 0. The molecule has 1 aliphatic rings. The number of phenols is 1. The van der Waals surface area contributed by atoms with E-state index in [1.54, 1.807) is 24.3 Å². The van der Waals surface area contributed by atoms with Gasteiger partial charge in [0, 0.05) is 5.69 Å². The van der Waals surface area contributed by atoms with Crippen molar-refractivity contribution in [2.75, 3.05) is 5.32 Å². The number of sulfonamides is 1. The van der Waals surface area contributed by atoms with Gasteiger partial charge < -0.3 is 15.5 Å². The molecular formula is C25H20N2O5S. The van der Waals surface area contributed by atoms with E-state index in [0.717, 1.165) is 21.9 Å². The molecule has 4 aromatic rings. The zero-order valence-corrected chi connectivity index (χ0v) is 18.1. The number of anilines is 1. The zero-order chi connectivity index (χ0) is 23.2. The molecule has 33 heavy (non-hydrogen) atoms. The molecule has 4 aromatic carbocycles. The topological polar surface area (TPSA) is 116 Å². The third-order valence-corrected chi connectivity index (χ3v) is 7.31. The molecule has 1 aliphatic carbocycles.